The molecule has 30 heteroatoms. The average molecular weight is 1820 g/mol. The number of carbonyl (C=O) groups is 3. The lowest BCUT2D eigenvalue weighted by atomic mass is 9.98. The molecule has 0 aliphatic rings. The fraction of sp³-hybridized carbons (Fsp3) is 0.0882. The molecule has 6 aromatic carbocycles. The van der Waals surface area contributed by atoms with Crippen LogP contribution in [0.2, 0.25) is 10.0 Å². The van der Waals surface area contributed by atoms with Crippen molar-refractivity contribution < 1.29 is 41.1 Å². The van der Waals surface area contributed by atoms with Crippen LogP contribution in [0.1, 0.15) is 54.3 Å². The van der Waals surface area contributed by atoms with E-state index in [1.807, 2.05) is 156 Å². The number of thiazole rings is 1. The predicted molar refractivity (Wildman–Crippen MR) is 506 cm³/mol. The Labute approximate surface area is 766 Å². The Morgan fingerprint density at radius 2 is 0.811 bits per heavy atom. The number of methoxy groups -OCH3 is 1. The Kier molecular flexibility index (Phi) is 27.7. The summed E-state index contributed by atoms with van der Waals surface area (Å²) in [6.07, 6.45) is 24.9. The van der Waals surface area contributed by atoms with Crippen LogP contribution in [0.3, 0.4) is 0 Å². The number of aryl methyl sites for hydroxylation is 3. The van der Waals surface area contributed by atoms with Crippen LogP contribution in [0.25, 0.3) is 144 Å². The first-order chi connectivity index (χ1) is 64.2. The minimum absolute atomic E-state index is 0.0872. The van der Waals surface area contributed by atoms with Gasteiger partial charge in [-0.25, -0.2) is 50.7 Å². The smallest absolute Gasteiger partial charge is 0.356 e. The normalized spacial score (nSPS) is 11.0. The fourth-order valence-electron chi connectivity index (χ4n) is 14.8. The molecule has 2 amide bonds. The first-order valence-electron chi connectivity index (χ1n) is 41.4. The largest absolute Gasteiger partial charge is 0.464 e. The molecule has 0 bridgehead atoms. The standard InChI is InChI=1S/C23H22FN5O.C22H20FN5O.C21H16FN3O2.C18H11ClFN3.C18H10ClFN2S/c1-15-12-17(5-6-20(15)24)22-18(4-2-9-26-22)16-7-11-29-21(13-16)19(14-28-29)23(30)27-10-3-8-25;1-14-11-16(4-5-19(14)23)21-17(3-2-8-25-21)15-6-10-28-20(12-15)18(13-27-28)22(29)26-9-7-24;1-13-10-14(5-7-17(13)22)20-16(4-3-9-23-20)15-6-8-19-24-11-18(21(26)27-2)25(19)12-15;19-15-10-12(3-5-16(15)20)18-14(2-1-7-22-18)13-4-6-17-21-8-9-23(17)11-13;19-14-8-12(3-5-15(14)20)18-13(2-1-7-21-18)11-4-6-16-17(9-11)23-10-22-16/h2,4-7,9,11-14H,3,8,10,25H2,1H3,(H,27,30);2-6,8,10-13H,7,9,24H2,1H3,(H,26,29);3-12H,1-2H3;1-11H;1-10H. The van der Waals surface area contributed by atoms with Crippen LogP contribution in [0, 0.1) is 49.9 Å². The van der Waals surface area contributed by atoms with Gasteiger partial charge in [-0.3, -0.25) is 38.9 Å². The second-order valence-electron chi connectivity index (χ2n) is 30.1. The van der Waals surface area contributed by atoms with E-state index in [-0.39, 0.29) is 39.3 Å². The number of hydrogen-bond donors (Lipinski definition) is 4. The Balaban J connectivity index is 0.000000121. The van der Waals surface area contributed by atoms with Gasteiger partial charge in [0.2, 0.25) is 0 Å². The van der Waals surface area contributed by atoms with Crippen molar-refractivity contribution in [2.24, 2.45) is 11.5 Å². The number of amides is 2. The third-order valence-electron chi connectivity index (χ3n) is 21.5. The maximum Gasteiger partial charge on any atom is 0.356 e. The highest BCUT2D eigenvalue weighted by Crippen LogP contribution is 2.40. The second-order valence-corrected chi connectivity index (χ2v) is 31.8. The molecule has 20 aromatic rings. The maximum atomic E-state index is 13.7. The van der Waals surface area contributed by atoms with Crippen LogP contribution in [0.4, 0.5) is 22.0 Å². The van der Waals surface area contributed by atoms with Gasteiger partial charge in [-0.15, -0.1) is 11.3 Å². The first kappa shape index (κ1) is 89.7. The van der Waals surface area contributed by atoms with Crippen LogP contribution in [-0.2, 0) is 4.74 Å². The Morgan fingerprint density at radius 1 is 0.402 bits per heavy atom. The number of halogens is 7. The number of benzene rings is 6. The molecular formula is C102H79Cl2F5N18O4S. The molecule has 22 nitrogen and oxygen atoms in total. The molecule has 0 radical (unpaired) electrons. The number of pyridine rings is 9. The molecule has 0 unspecified atom stereocenters. The fourth-order valence-corrected chi connectivity index (χ4v) is 15.9. The number of fused-ring (bicyclic) bond motifs is 5. The van der Waals surface area contributed by atoms with Crippen molar-refractivity contribution in [3.05, 3.63) is 383 Å². The summed E-state index contributed by atoms with van der Waals surface area (Å²) >= 11 is 13.4. The van der Waals surface area contributed by atoms with Crippen molar-refractivity contribution in [3.63, 3.8) is 0 Å². The summed E-state index contributed by atoms with van der Waals surface area (Å²) < 4.78 is 80.8. The molecular weight excluding hydrogens is 1740 g/mol. The van der Waals surface area contributed by atoms with Crippen LogP contribution >= 0.6 is 34.5 Å². The van der Waals surface area contributed by atoms with E-state index in [2.05, 4.69) is 66.8 Å². The first-order valence-corrected chi connectivity index (χ1v) is 43.0. The lowest BCUT2D eigenvalue weighted by molar-refractivity contribution is 0.0592. The second kappa shape index (κ2) is 40.7. The Hall–Kier alpha value is -15.7. The molecule has 132 heavy (non-hydrogen) atoms. The number of nitrogens with zero attached hydrogens (tertiary/aromatic N) is 14. The van der Waals surface area contributed by atoms with E-state index in [9.17, 15) is 36.3 Å². The number of ether oxygens (including phenoxy) is 1. The topological polar surface area (TPSA) is 283 Å². The predicted octanol–water partition coefficient (Wildman–Crippen LogP) is 21.8. The van der Waals surface area contributed by atoms with Crippen LogP contribution in [0.15, 0.2) is 311 Å². The monoisotopic (exact) mass is 1820 g/mol. The van der Waals surface area contributed by atoms with Crippen molar-refractivity contribution in [1.29, 1.82) is 0 Å². The molecule has 0 fully saturated rings. The molecule has 656 valence electrons. The van der Waals surface area contributed by atoms with Crippen LogP contribution in [-0.4, -0.2) is 119 Å². The summed E-state index contributed by atoms with van der Waals surface area (Å²) in [5, 5.41) is 14.3. The summed E-state index contributed by atoms with van der Waals surface area (Å²) in [7, 11) is 1.33. The molecule has 14 heterocycles. The average Bonchev–Trinajstić information content (AvgIpc) is 1.58. The van der Waals surface area contributed by atoms with Crippen molar-refractivity contribution >= 4 is 84.9 Å². The highest BCUT2D eigenvalue weighted by atomic mass is 35.5. The molecule has 0 spiro atoms. The van der Waals surface area contributed by atoms with Gasteiger partial charge in [0.05, 0.1) is 102 Å². The van der Waals surface area contributed by atoms with E-state index < -0.39 is 17.6 Å². The van der Waals surface area contributed by atoms with Crippen LogP contribution in [0.5, 0.6) is 0 Å². The molecule has 0 aliphatic carbocycles. The molecule has 0 atom stereocenters. The maximum absolute atomic E-state index is 13.7. The summed E-state index contributed by atoms with van der Waals surface area (Å²) in [6, 6.07) is 64.8. The number of esters is 1. The lowest BCUT2D eigenvalue weighted by Gasteiger charge is -2.11. The van der Waals surface area contributed by atoms with Crippen molar-refractivity contribution in [2.75, 3.05) is 33.3 Å². The quantitative estimate of drug-likeness (QED) is 0.0353. The summed E-state index contributed by atoms with van der Waals surface area (Å²) in [5.41, 5.74) is 36.7. The van der Waals surface area contributed by atoms with Gasteiger partial charge < -0.3 is 31.2 Å². The van der Waals surface area contributed by atoms with Crippen molar-refractivity contribution in [2.45, 2.75) is 27.2 Å². The summed E-state index contributed by atoms with van der Waals surface area (Å²) in [4.78, 5) is 72.2. The lowest BCUT2D eigenvalue weighted by Crippen LogP contribution is -2.28. The molecule has 0 aliphatic heterocycles. The summed E-state index contributed by atoms with van der Waals surface area (Å²) in [6.45, 7) is 6.98. The van der Waals surface area contributed by atoms with Crippen LogP contribution < -0.4 is 22.1 Å². The van der Waals surface area contributed by atoms with E-state index in [0.717, 1.165) is 128 Å². The zero-order valence-electron chi connectivity index (χ0n) is 71.1. The van der Waals surface area contributed by atoms with Gasteiger partial charge in [0.1, 0.15) is 40.4 Å². The van der Waals surface area contributed by atoms with Gasteiger partial charge >= 0.3 is 5.97 Å². The molecule has 20 rings (SSSR count). The van der Waals surface area contributed by atoms with E-state index >= 15 is 0 Å². The SMILES string of the molecule is COC(=O)c1cnc2ccc(-c3cccnc3-c3ccc(F)c(C)c3)cn12.Cc1cc(-c2ncccc2-c2ccn3ncc(C(=O)NCCCN)c3c2)ccc1F.Cc1cc(-c2ncccc2-c2ccn3ncc(C(=O)NCCN)c3c2)ccc1F.Fc1ccc(-c2ncccc2-c2ccc3nccn3c2)cc1Cl.Fc1ccc(-c2ncccc2-c2ccc3ncsc3c2)cc1Cl. The molecule has 6 N–H and O–H groups in total. The zero-order chi connectivity index (χ0) is 92.1. The number of carbonyl (C=O) groups excluding carboxylic acids is 3. The molecule has 0 saturated heterocycles. The van der Waals surface area contributed by atoms with Gasteiger partial charge in [0.15, 0.2) is 5.69 Å². The third-order valence-corrected chi connectivity index (χ3v) is 22.9. The highest BCUT2D eigenvalue weighted by molar-refractivity contribution is 7.16. The van der Waals surface area contributed by atoms with E-state index in [1.54, 1.807) is 162 Å². The number of rotatable bonds is 18. The Morgan fingerprint density at radius 3 is 1.25 bits per heavy atom. The number of aromatic nitrogens is 14. The van der Waals surface area contributed by atoms with Gasteiger partial charge in [-0.2, -0.15) is 10.2 Å². The van der Waals surface area contributed by atoms with Crippen molar-refractivity contribution in [3.8, 4) is 112 Å². The third kappa shape index (κ3) is 19.9. The number of nitrogens with two attached hydrogens (primary N) is 2. The van der Waals surface area contributed by atoms with E-state index in [1.165, 1.54) is 43.6 Å². The number of nitrogens with one attached hydrogen (secondary N) is 2. The van der Waals surface area contributed by atoms with E-state index in [4.69, 9.17) is 39.4 Å². The minimum atomic E-state index is -0.458. The van der Waals surface area contributed by atoms with Gasteiger partial charge in [0.25, 0.3) is 11.8 Å². The molecule has 14 aromatic heterocycles. The van der Waals surface area contributed by atoms with Gasteiger partial charge in [-0.1, -0.05) is 59.6 Å². The Bertz CT molecular complexity index is 7530. The van der Waals surface area contributed by atoms with Gasteiger partial charge in [-0.05, 0) is 249 Å². The van der Waals surface area contributed by atoms with E-state index in [0.29, 0.717) is 82.8 Å². The number of hydrogen-bond acceptors (Lipinski definition) is 17. The zero-order valence-corrected chi connectivity index (χ0v) is 73.4. The van der Waals surface area contributed by atoms with Gasteiger partial charge in [0, 0.05) is 155 Å². The minimum Gasteiger partial charge on any atom is -0.464 e. The van der Waals surface area contributed by atoms with Crippen molar-refractivity contribution in [1.82, 2.24) is 78.5 Å². The summed E-state index contributed by atoms with van der Waals surface area (Å²) in [5.74, 6) is -2.48. The molecule has 0 saturated carbocycles. The highest BCUT2D eigenvalue weighted by Gasteiger charge is 2.22. The number of imidazole rings is 2.